The molecule has 0 aromatic heterocycles. The molecule has 6 heteroatoms. The molecule has 0 unspecified atom stereocenters. The van der Waals surface area contributed by atoms with Crippen LogP contribution in [0.15, 0.2) is 42.5 Å². The first-order valence-electron chi connectivity index (χ1n) is 10.9. The first kappa shape index (κ1) is 23.2. The van der Waals surface area contributed by atoms with E-state index >= 15 is 0 Å². The molecule has 2 aromatic rings. The van der Waals surface area contributed by atoms with Crippen molar-refractivity contribution in [1.82, 2.24) is 5.32 Å². The molecule has 0 spiro atoms. The molecule has 3 nitrogen and oxygen atoms in total. The molecule has 1 aliphatic carbocycles. The smallest absolute Gasteiger partial charge is 0.337 e. The van der Waals surface area contributed by atoms with Gasteiger partial charge in [0.25, 0.3) is 0 Å². The van der Waals surface area contributed by atoms with E-state index < -0.39 is 11.7 Å². The summed E-state index contributed by atoms with van der Waals surface area (Å²) < 4.78 is 38.7. The van der Waals surface area contributed by atoms with Crippen LogP contribution in [0.25, 0.3) is 0 Å². The molecule has 0 saturated heterocycles. The molecule has 1 fully saturated rings. The van der Waals surface area contributed by atoms with E-state index in [2.05, 4.69) is 38.3 Å². The highest BCUT2D eigenvalue weighted by Gasteiger charge is 2.39. The molecule has 0 heterocycles. The number of halogens is 3. The number of amides is 2. The second kappa shape index (κ2) is 8.93. The lowest BCUT2D eigenvalue weighted by atomic mass is 9.64. The van der Waals surface area contributed by atoms with Gasteiger partial charge < -0.3 is 10.6 Å². The van der Waals surface area contributed by atoms with Crippen molar-refractivity contribution in [3.63, 3.8) is 0 Å². The first-order chi connectivity index (χ1) is 14.5. The molecule has 3 rings (SSSR count). The number of alkyl halides is 3. The van der Waals surface area contributed by atoms with E-state index in [9.17, 15) is 18.0 Å². The minimum absolute atomic E-state index is 0.263. The van der Waals surface area contributed by atoms with Gasteiger partial charge in [-0.15, -0.1) is 0 Å². The van der Waals surface area contributed by atoms with Gasteiger partial charge in [-0.1, -0.05) is 64.4 Å². The van der Waals surface area contributed by atoms with Gasteiger partial charge in [0.1, 0.15) is 0 Å². The minimum Gasteiger partial charge on any atom is -0.337 e. The molecule has 2 aromatic carbocycles. The Morgan fingerprint density at radius 3 is 1.94 bits per heavy atom. The van der Waals surface area contributed by atoms with Crippen molar-refractivity contribution in [2.24, 2.45) is 0 Å². The summed E-state index contributed by atoms with van der Waals surface area (Å²) in [6.45, 7) is 8.77. The van der Waals surface area contributed by atoms with Gasteiger partial charge in [0.2, 0.25) is 0 Å². The van der Waals surface area contributed by atoms with Crippen LogP contribution in [0.5, 0.6) is 0 Å². The topological polar surface area (TPSA) is 41.1 Å². The number of benzene rings is 2. The van der Waals surface area contributed by atoms with Crippen molar-refractivity contribution >= 4 is 11.7 Å². The number of carbonyl (C=O) groups excluding carboxylic acids is 1. The number of urea groups is 1. The molecule has 2 amide bonds. The summed E-state index contributed by atoms with van der Waals surface area (Å²) in [5.74, 6) is 0.526. The summed E-state index contributed by atoms with van der Waals surface area (Å²) in [4.78, 5) is 12.8. The summed E-state index contributed by atoms with van der Waals surface area (Å²) in [6, 6.07) is 11.1. The van der Waals surface area contributed by atoms with Gasteiger partial charge in [0.15, 0.2) is 0 Å². The van der Waals surface area contributed by atoms with E-state index in [1.807, 2.05) is 18.2 Å². The quantitative estimate of drug-likeness (QED) is 0.498. The van der Waals surface area contributed by atoms with Crippen LogP contribution in [0.4, 0.5) is 23.7 Å². The number of hydrogen-bond donors (Lipinski definition) is 2. The van der Waals surface area contributed by atoms with E-state index in [1.54, 1.807) is 12.1 Å². The van der Waals surface area contributed by atoms with Crippen LogP contribution in [0.1, 0.15) is 81.0 Å². The van der Waals surface area contributed by atoms with Crippen molar-refractivity contribution in [2.45, 2.75) is 70.4 Å². The number of nitrogens with one attached hydrogen (secondary N) is 2. The Labute approximate surface area is 182 Å². The van der Waals surface area contributed by atoms with Crippen molar-refractivity contribution in [2.75, 3.05) is 11.9 Å². The van der Waals surface area contributed by atoms with E-state index in [4.69, 9.17) is 0 Å². The zero-order valence-corrected chi connectivity index (χ0v) is 18.6. The maximum absolute atomic E-state index is 12.9. The Morgan fingerprint density at radius 2 is 1.52 bits per heavy atom. The van der Waals surface area contributed by atoms with Crippen LogP contribution < -0.4 is 10.6 Å². The molecule has 0 radical (unpaired) electrons. The van der Waals surface area contributed by atoms with Gasteiger partial charge in [-0.3, -0.25) is 0 Å². The fourth-order valence-electron chi connectivity index (χ4n) is 4.29. The number of rotatable bonds is 6. The Bertz CT molecular complexity index is 887. The lowest BCUT2D eigenvalue weighted by Crippen LogP contribution is -2.46. The second-order valence-corrected chi connectivity index (χ2v) is 9.14. The predicted molar refractivity (Wildman–Crippen MR) is 119 cm³/mol. The van der Waals surface area contributed by atoms with Gasteiger partial charge in [-0.05, 0) is 53.5 Å². The third kappa shape index (κ3) is 5.05. The first-order valence-corrected chi connectivity index (χ1v) is 10.9. The summed E-state index contributed by atoms with van der Waals surface area (Å²) in [6.07, 6.45) is -1.66. The highest BCUT2D eigenvalue weighted by molar-refractivity contribution is 5.91. The van der Waals surface area contributed by atoms with Crippen molar-refractivity contribution in [3.8, 4) is 0 Å². The summed E-state index contributed by atoms with van der Waals surface area (Å²) in [5, 5.41) is 6.02. The van der Waals surface area contributed by atoms with Crippen molar-refractivity contribution in [3.05, 3.63) is 64.7 Å². The Morgan fingerprint density at radius 1 is 0.968 bits per heavy atom. The van der Waals surface area contributed by atoms with Crippen LogP contribution in [-0.2, 0) is 11.6 Å². The predicted octanol–water partition coefficient (Wildman–Crippen LogP) is 7.20. The van der Waals surface area contributed by atoms with Crippen LogP contribution in [0.2, 0.25) is 0 Å². The van der Waals surface area contributed by atoms with E-state index in [1.165, 1.54) is 0 Å². The molecule has 0 atom stereocenters. The summed E-state index contributed by atoms with van der Waals surface area (Å²) >= 11 is 0. The fourth-order valence-corrected chi connectivity index (χ4v) is 4.29. The van der Waals surface area contributed by atoms with Crippen LogP contribution in [0, 0.1) is 0 Å². The molecule has 1 saturated carbocycles. The molecule has 2 N–H and O–H groups in total. The molecule has 0 aliphatic heterocycles. The number of hydrogen-bond acceptors (Lipinski definition) is 1. The maximum Gasteiger partial charge on any atom is 0.416 e. The Hall–Kier alpha value is -2.50. The van der Waals surface area contributed by atoms with Crippen LogP contribution in [-0.4, -0.2) is 12.6 Å². The van der Waals surface area contributed by atoms with Crippen molar-refractivity contribution < 1.29 is 18.0 Å². The van der Waals surface area contributed by atoms with E-state index in [0.29, 0.717) is 6.54 Å². The molecule has 168 valence electrons. The normalized spacial score (nSPS) is 15.6. The lowest BCUT2D eigenvalue weighted by Gasteiger charge is -2.42. The standard InChI is InChI=1S/C25H31F3N2O/c1-16(2)20-7-5-8-21(17(3)4)22(20)30-23(31)29-15-24(13-6-14-24)18-9-11-19(12-10-18)25(26,27)28/h5,7-12,16-17H,6,13-15H2,1-4H3,(H2,29,30,31). The third-order valence-electron chi connectivity index (χ3n) is 6.33. The number of para-hydroxylation sites is 1. The molecule has 0 bridgehead atoms. The average Bonchev–Trinajstić information content (AvgIpc) is 2.66. The molecular formula is C25H31F3N2O. The van der Waals surface area contributed by atoms with E-state index in [-0.39, 0.29) is 23.3 Å². The minimum atomic E-state index is -4.35. The molecule has 1 aliphatic rings. The maximum atomic E-state index is 12.9. The third-order valence-corrected chi connectivity index (χ3v) is 6.33. The van der Waals surface area contributed by atoms with Gasteiger partial charge in [0.05, 0.1) is 5.56 Å². The monoisotopic (exact) mass is 432 g/mol. The highest BCUT2D eigenvalue weighted by atomic mass is 19.4. The van der Waals surface area contributed by atoms with Crippen LogP contribution in [0.3, 0.4) is 0 Å². The van der Waals surface area contributed by atoms with Gasteiger partial charge in [-0.25, -0.2) is 4.79 Å². The fraction of sp³-hybridized carbons (Fsp3) is 0.480. The van der Waals surface area contributed by atoms with Crippen LogP contribution >= 0.6 is 0 Å². The largest absolute Gasteiger partial charge is 0.416 e. The van der Waals surface area contributed by atoms with E-state index in [0.717, 1.165) is 53.8 Å². The summed E-state index contributed by atoms with van der Waals surface area (Å²) in [7, 11) is 0. The Balaban J connectivity index is 1.73. The number of anilines is 1. The Kier molecular flexibility index (Phi) is 6.68. The average molecular weight is 433 g/mol. The zero-order valence-electron chi connectivity index (χ0n) is 18.6. The van der Waals surface area contributed by atoms with Gasteiger partial charge >= 0.3 is 12.2 Å². The zero-order chi connectivity index (χ0) is 22.8. The van der Waals surface area contributed by atoms with Gasteiger partial charge in [0, 0.05) is 17.6 Å². The molecule has 31 heavy (non-hydrogen) atoms. The highest BCUT2D eigenvalue weighted by Crippen LogP contribution is 2.44. The SMILES string of the molecule is CC(C)c1cccc(C(C)C)c1NC(=O)NCC1(c2ccc(C(F)(F)F)cc2)CCC1. The number of carbonyl (C=O) groups is 1. The second-order valence-electron chi connectivity index (χ2n) is 9.14. The molecular weight excluding hydrogens is 401 g/mol. The lowest BCUT2D eigenvalue weighted by molar-refractivity contribution is -0.137. The van der Waals surface area contributed by atoms with Gasteiger partial charge in [-0.2, -0.15) is 13.2 Å². The van der Waals surface area contributed by atoms with Crippen molar-refractivity contribution in [1.29, 1.82) is 0 Å². The summed E-state index contributed by atoms with van der Waals surface area (Å²) in [5.41, 5.74) is 2.91.